The van der Waals surface area contributed by atoms with E-state index in [4.69, 9.17) is 25.8 Å². The molecule has 2 heterocycles. The van der Waals surface area contributed by atoms with E-state index in [9.17, 15) is 9.90 Å². The van der Waals surface area contributed by atoms with Crippen LogP contribution >= 0.6 is 11.6 Å². The van der Waals surface area contributed by atoms with Crippen molar-refractivity contribution in [2.75, 3.05) is 39.5 Å². The van der Waals surface area contributed by atoms with E-state index in [-0.39, 0.29) is 22.9 Å². The van der Waals surface area contributed by atoms with Gasteiger partial charge in [0.25, 0.3) is 0 Å². The molecule has 0 aliphatic carbocycles. The maximum Gasteiger partial charge on any atom is 0.153 e. The average Bonchev–Trinajstić information content (AvgIpc) is 3.39. The van der Waals surface area contributed by atoms with E-state index in [0.717, 1.165) is 60.7 Å². The molecule has 206 valence electrons. The van der Waals surface area contributed by atoms with Gasteiger partial charge >= 0.3 is 0 Å². The fourth-order valence-corrected chi connectivity index (χ4v) is 6.00. The van der Waals surface area contributed by atoms with Crippen molar-refractivity contribution in [3.8, 4) is 28.4 Å². The lowest BCUT2D eigenvalue weighted by Crippen LogP contribution is -2.44. The molecule has 1 atom stereocenters. The number of phenols is 1. The van der Waals surface area contributed by atoms with Crippen LogP contribution in [0.1, 0.15) is 47.2 Å². The van der Waals surface area contributed by atoms with Gasteiger partial charge in [-0.3, -0.25) is 4.79 Å². The first-order chi connectivity index (χ1) is 19.0. The van der Waals surface area contributed by atoms with Gasteiger partial charge in [-0.2, -0.15) is 0 Å². The van der Waals surface area contributed by atoms with Crippen LogP contribution in [0.3, 0.4) is 0 Å². The Balaban J connectivity index is 1.18. The predicted octanol–water partition coefficient (Wildman–Crippen LogP) is 6.68. The molecule has 3 aromatic rings. The summed E-state index contributed by atoms with van der Waals surface area (Å²) in [6.45, 7) is 8.25. The zero-order valence-corrected chi connectivity index (χ0v) is 23.2. The van der Waals surface area contributed by atoms with Gasteiger partial charge in [0.2, 0.25) is 0 Å². The molecule has 0 aromatic heterocycles. The molecule has 39 heavy (non-hydrogen) atoms. The molecule has 3 aromatic carbocycles. The second-order valence-electron chi connectivity index (χ2n) is 10.7. The SMILES string of the molecule is Cc1c(COc2cc(O)c(C=O)cc2Cl)cccc1-c1cccc(OCCCN2CCCC3(CCOC3)C2)c1. The van der Waals surface area contributed by atoms with Crippen LogP contribution < -0.4 is 9.47 Å². The number of aldehydes is 1. The summed E-state index contributed by atoms with van der Waals surface area (Å²) < 4.78 is 17.8. The number of phenolic OH excluding ortho intramolecular Hbond substituents is 1. The Bertz CT molecular complexity index is 1300. The van der Waals surface area contributed by atoms with Gasteiger partial charge in [-0.1, -0.05) is 41.9 Å². The van der Waals surface area contributed by atoms with E-state index < -0.39 is 0 Å². The molecule has 1 N–H and O–H groups in total. The maximum atomic E-state index is 11.0. The number of hydrogen-bond acceptors (Lipinski definition) is 6. The maximum absolute atomic E-state index is 11.0. The fourth-order valence-electron chi connectivity index (χ4n) is 5.78. The molecule has 2 aliphatic heterocycles. The van der Waals surface area contributed by atoms with Gasteiger partial charge in [-0.05, 0) is 79.6 Å². The summed E-state index contributed by atoms with van der Waals surface area (Å²) in [5.41, 5.74) is 4.79. The standard InChI is InChI=1S/C32H36ClNO5/c1-23-25(20-39-31-18-30(36)26(19-35)17-29(31)33)7-3-9-28(23)24-6-2-8-27(16-24)38-14-5-13-34-12-4-10-32(21-34)11-15-37-22-32/h2-3,6-9,16-19,36H,4-5,10-15,20-22H2,1H3. The molecule has 2 fully saturated rings. The smallest absolute Gasteiger partial charge is 0.153 e. The highest BCUT2D eigenvalue weighted by atomic mass is 35.5. The zero-order chi connectivity index (χ0) is 27.2. The minimum atomic E-state index is -0.157. The van der Waals surface area contributed by atoms with Crippen LogP contribution in [0.5, 0.6) is 17.2 Å². The minimum absolute atomic E-state index is 0.131. The highest BCUT2D eigenvalue weighted by Gasteiger charge is 2.38. The summed E-state index contributed by atoms with van der Waals surface area (Å²) in [6, 6.07) is 17.1. The highest BCUT2D eigenvalue weighted by Crippen LogP contribution is 2.38. The van der Waals surface area contributed by atoms with E-state index in [1.807, 2.05) is 24.3 Å². The van der Waals surface area contributed by atoms with Crippen molar-refractivity contribution in [2.24, 2.45) is 5.41 Å². The van der Waals surface area contributed by atoms with Gasteiger partial charge in [0.05, 0.1) is 23.8 Å². The van der Waals surface area contributed by atoms with E-state index in [0.29, 0.717) is 24.1 Å². The molecule has 1 spiro atoms. The minimum Gasteiger partial charge on any atom is -0.507 e. The highest BCUT2D eigenvalue weighted by molar-refractivity contribution is 6.32. The third-order valence-corrected chi connectivity index (χ3v) is 8.29. The first kappa shape index (κ1) is 27.5. The molecule has 7 heteroatoms. The number of hydrogen-bond donors (Lipinski definition) is 1. The van der Waals surface area contributed by atoms with Crippen molar-refractivity contribution in [2.45, 2.75) is 39.2 Å². The molecular weight excluding hydrogens is 514 g/mol. The van der Waals surface area contributed by atoms with Crippen molar-refractivity contribution in [1.29, 1.82) is 0 Å². The van der Waals surface area contributed by atoms with Gasteiger partial charge in [-0.25, -0.2) is 0 Å². The Morgan fingerprint density at radius 1 is 1.13 bits per heavy atom. The van der Waals surface area contributed by atoms with Crippen molar-refractivity contribution in [3.63, 3.8) is 0 Å². The molecule has 1 unspecified atom stereocenters. The molecule has 0 bridgehead atoms. The molecule has 0 radical (unpaired) electrons. The van der Waals surface area contributed by atoms with Crippen molar-refractivity contribution >= 4 is 17.9 Å². The summed E-state index contributed by atoms with van der Waals surface area (Å²) >= 11 is 6.24. The molecule has 5 rings (SSSR count). The average molecular weight is 550 g/mol. The number of ether oxygens (including phenoxy) is 3. The van der Waals surface area contributed by atoms with Gasteiger partial charge in [0, 0.05) is 31.2 Å². The van der Waals surface area contributed by atoms with Crippen LogP contribution in [0.2, 0.25) is 5.02 Å². The molecular formula is C32H36ClNO5. The van der Waals surface area contributed by atoms with Gasteiger partial charge < -0.3 is 24.2 Å². The van der Waals surface area contributed by atoms with Gasteiger partial charge in [-0.15, -0.1) is 0 Å². The lowest BCUT2D eigenvalue weighted by Gasteiger charge is -2.39. The predicted molar refractivity (Wildman–Crippen MR) is 153 cm³/mol. The Hall–Kier alpha value is -3.06. The Morgan fingerprint density at radius 2 is 2.00 bits per heavy atom. The topological polar surface area (TPSA) is 68.2 Å². The fraction of sp³-hybridized carbons (Fsp3) is 0.406. The molecule has 2 saturated heterocycles. The summed E-state index contributed by atoms with van der Waals surface area (Å²) in [5, 5.41) is 10.3. The number of nitrogens with zero attached hydrogens (tertiary/aromatic N) is 1. The second kappa shape index (κ2) is 12.4. The number of likely N-dealkylation sites (tertiary alicyclic amines) is 1. The third kappa shape index (κ3) is 6.57. The molecule has 0 saturated carbocycles. The Labute approximate surface area is 235 Å². The van der Waals surface area contributed by atoms with Crippen LogP contribution in [-0.4, -0.2) is 55.7 Å². The lowest BCUT2D eigenvalue weighted by atomic mass is 9.79. The van der Waals surface area contributed by atoms with Crippen molar-refractivity contribution < 1.29 is 24.1 Å². The van der Waals surface area contributed by atoms with Gasteiger partial charge in [0.1, 0.15) is 23.9 Å². The van der Waals surface area contributed by atoms with Crippen molar-refractivity contribution in [3.05, 3.63) is 76.3 Å². The largest absolute Gasteiger partial charge is 0.507 e. The Kier molecular flexibility index (Phi) is 8.75. The molecule has 6 nitrogen and oxygen atoms in total. The molecule has 0 amide bonds. The summed E-state index contributed by atoms with van der Waals surface area (Å²) in [7, 11) is 0. The lowest BCUT2D eigenvalue weighted by molar-refractivity contribution is 0.0657. The van der Waals surface area contributed by atoms with Crippen LogP contribution in [0.25, 0.3) is 11.1 Å². The number of piperidine rings is 1. The molecule has 2 aliphatic rings. The summed E-state index contributed by atoms with van der Waals surface area (Å²) in [6.07, 6.45) is 5.32. The number of rotatable bonds is 10. The van der Waals surface area contributed by atoms with Crippen molar-refractivity contribution in [1.82, 2.24) is 4.90 Å². The third-order valence-electron chi connectivity index (χ3n) is 8.00. The van der Waals surface area contributed by atoms with Crippen LogP contribution in [0.15, 0.2) is 54.6 Å². The summed E-state index contributed by atoms with van der Waals surface area (Å²) in [5.74, 6) is 1.04. The number of carbonyl (C=O) groups is 1. The van der Waals surface area contributed by atoms with E-state index in [2.05, 4.69) is 30.0 Å². The van der Waals surface area contributed by atoms with Crippen LogP contribution in [-0.2, 0) is 11.3 Å². The van der Waals surface area contributed by atoms with Gasteiger partial charge in [0.15, 0.2) is 6.29 Å². The summed E-state index contributed by atoms with van der Waals surface area (Å²) in [4.78, 5) is 13.6. The second-order valence-corrected chi connectivity index (χ2v) is 11.2. The number of aromatic hydroxyl groups is 1. The Morgan fingerprint density at radius 3 is 2.82 bits per heavy atom. The normalized spacial score (nSPS) is 19.3. The monoisotopic (exact) mass is 549 g/mol. The number of halogens is 1. The van der Waals surface area contributed by atoms with E-state index in [1.54, 1.807) is 0 Å². The van der Waals surface area contributed by atoms with E-state index in [1.165, 1.54) is 37.9 Å². The van der Waals surface area contributed by atoms with E-state index >= 15 is 0 Å². The first-order valence-corrected chi connectivity index (χ1v) is 14.1. The quantitative estimate of drug-likeness (QED) is 0.225. The number of benzene rings is 3. The number of carbonyl (C=O) groups excluding carboxylic acids is 1. The van der Waals surface area contributed by atoms with Crippen LogP contribution in [0, 0.1) is 12.3 Å². The first-order valence-electron chi connectivity index (χ1n) is 13.7. The van der Waals surface area contributed by atoms with Crippen LogP contribution in [0.4, 0.5) is 0 Å². The zero-order valence-electron chi connectivity index (χ0n) is 22.5.